The third-order valence-corrected chi connectivity index (χ3v) is 3.92. The number of hydrogen-bond donors (Lipinski definition) is 2. The van der Waals surface area contributed by atoms with E-state index in [1.165, 1.54) is 0 Å². The van der Waals surface area contributed by atoms with E-state index >= 15 is 0 Å². The Morgan fingerprint density at radius 3 is 2.64 bits per heavy atom. The van der Waals surface area contributed by atoms with Gasteiger partial charge in [-0.2, -0.15) is 13.2 Å². The second-order valence-corrected chi connectivity index (χ2v) is 5.63. The summed E-state index contributed by atoms with van der Waals surface area (Å²) >= 11 is 6.40. The normalized spacial score (nSPS) is 11.3. The Bertz CT molecular complexity index is 660. The predicted octanol–water partition coefficient (Wildman–Crippen LogP) is 3.66. The molecular weight excluding hydrogens is 339 g/mol. The van der Waals surface area contributed by atoms with Crippen LogP contribution in [0.4, 0.5) is 18.3 Å². The van der Waals surface area contributed by atoms with Gasteiger partial charge in [-0.15, -0.1) is 0 Å². The van der Waals surface area contributed by atoms with E-state index in [0.717, 1.165) is 6.20 Å². The van der Waals surface area contributed by atoms with Crippen LogP contribution in [-0.2, 0) is 6.18 Å². The Balaban J connectivity index is 1.79. The van der Waals surface area contributed by atoms with Gasteiger partial charge in [-0.1, -0.05) is 35.1 Å². The van der Waals surface area contributed by atoms with Crippen LogP contribution in [-0.4, -0.2) is 24.0 Å². The number of aromatic nitrogens is 1. The number of nitrogens with zero attached hydrogens (tertiary/aromatic N) is 1. The Labute approximate surface area is 133 Å². The highest BCUT2D eigenvalue weighted by Gasteiger charge is 2.33. The molecule has 2 aromatic rings. The molecular formula is C13H11ClF3N3OS. The second-order valence-electron chi connectivity index (χ2n) is 4.19. The van der Waals surface area contributed by atoms with Gasteiger partial charge >= 0.3 is 6.18 Å². The van der Waals surface area contributed by atoms with Crippen LogP contribution in [0.1, 0.15) is 15.2 Å². The van der Waals surface area contributed by atoms with Crippen molar-refractivity contribution < 1.29 is 18.0 Å². The van der Waals surface area contributed by atoms with Crippen molar-refractivity contribution in [3.8, 4) is 0 Å². The average Bonchev–Trinajstić information content (AvgIpc) is 2.93. The van der Waals surface area contributed by atoms with E-state index in [9.17, 15) is 18.0 Å². The first-order chi connectivity index (χ1) is 10.4. The number of anilines is 1. The number of alkyl halides is 3. The Kier molecular flexibility index (Phi) is 5.25. The fourth-order valence-electron chi connectivity index (χ4n) is 1.57. The molecule has 0 aliphatic rings. The van der Waals surface area contributed by atoms with Crippen molar-refractivity contribution in [3.05, 3.63) is 45.9 Å². The highest BCUT2D eigenvalue weighted by molar-refractivity contribution is 7.15. The molecule has 0 aliphatic carbocycles. The first-order valence-corrected chi connectivity index (χ1v) is 7.37. The molecule has 0 saturated carbocycles. The predicted molar refractivity (Wildman–Crippen MR) is 79.4 cm³/mol. The zero-order chi connectivity index (χ0) is 16.2. The minimum atomic E-state index is -4.39. The Hall–Kier alpha value is -1.80. The smallest absolute Gasteiger partial charge is 0.360 e. The Morgan fingerprint density at radius 2 is 2.00 bits per heavy atom. The largest absolute Gasteiger partial charge is 0.427 e. The number of nitrogens with one attached hydrogen (secondary N) is 2. The molecule has 1 heterocycles. The van der Waals surface area contributed by atoms with Crippen LogP contribution in [0.3, 0.4) is 0 Å². The summed E-state index contributed by atoms with van der Waals surface area (Å²) in [6.07, 6.45) is -3.62. The van der Waals surface area contributed by atoms with E-state index in [4.69, 9.17) is 11.6 Å². The molecule has 0 atom stereocenters. The van der Waals surface area contributed by atoms with Crippen LogP contribution < -0.4 is 10.6 Å². The molecule has 0 spiro atoms. The van der Waals surface area contributed by atoms with Crippen molar-refractivity contribution in [3.63, 3.8) is 0 Å². The summed E-state index contributed by atoms with van der Waals surface area (Å²) in [5, 5.41) is 5.82. The van der Waals surface area contributed by atoms with E-state index in [1.807, 2.05) is 0 Å². The van der Waals surface area contributed by atoms with Gasteiger partial charge in [0.05, 0.1) is 16.8 Å². The summed E-state index contributed by atoms with van der Waals surface area (Å²) in [5.74, 6) is -0.345. The van der Waals surface area contributed by atoms with Gasteiger partial charge in [0.15, 0.2) is 5.13 Å². The molecule has 9 heteroatoms. The molecule has 0 saturated heterocycles. The first kappa shape index (κ1) is 16.6. The summed E-state index contributed by atoms with van der Waals surface area (Å²) in [6.45, 7) is 0.478. The maximum absolute atomic E-state index is 12.4. The lowest BCUT2D eigenvalue weighted by Crippen LogP contribution is -2.28. The number of halogens is 4. The van der Waals surface area contributed by atoms with Gasteiger partial charge in [-0.05, 0) is 12.1 Å². The van der Waals surface area contributed by atoms with E-state index in [0.29, 0.717) is 21.9 Å². The molecule has 2 N–H and O–H groups in total. The van der Waals surface area contributed by atoms with Gasteiger partial charge in [0, 0.05) is 13.1 Å². The summed E-state index contributed by atoms with van der Waals surface area (Å²) in [5.41, 5.74) is 0.345. The molecule has 4 nitrogen and oxygen atoms in total. The molecule has 0 bridgehead atoms. The van der Waals surface area contributed by atoms with Crippen LogP contribution in [0.2, 0.25) is 5.02 Å². The molecule has 0 aliphatic heterocycles. The monoisotopic (exact) mass is 349 g/mol. The maximum atomic E-state index is 12.4. The molecule has 1 aromatic heterocycles. The van der Waals surface area contributed by atoms with E-state index < -0.39 is 11.1 Å². The molecule has 1 amide bonds. The van der Waals surface area contributed by atoms with Gasteiger partial charge in [0.1, 0.15) is 4.88 Å². The van der Waals surface area contributed by atoms with Crippen LogP contribution in [0, 0.1) is 0 Å². The summed E-state index contributed by atoms with van der Waals surface area (Å²) in [7, 11) is 0. The molecule has 0 fully saturated rings. The molecule has 0 unspecified atom stereocenters. The fourth-order valence-corrected chi connectivity index (χ4v) is 2.50. The molecule has 1 aromatic carbocycles. The van der Waals surface area contributed by atoms with Crippen LogP contribution in [0.5, 0.6) is 0 Å². The third-order valence-electron chi connectivity index (χ3n) is 2.59. The lowest BCUT2D eigenvalue weighted by atomic mass is 10.2. The number of hydrogen-bond acceptors (Lipinski definition) is 4. The van der Waals surface area contributed by atoms with Crippen LogP contribution in [0.25, 0.3) is 0 Å². The van der Waals surface area contributed by atoms with Crippen LogP contribution >= 0.6 is 22.9 Å². The van der Waals surface area contributed by atoms with Crippen molar-refractivity contribution in [1.29, 1.82) is 0 Å². The molecule has 118 valence electrons. The van der Waals surface area contributed by atoms with E-state index in [-0.39, 0.29) is 24.1 Å². The molecule has 22 heavy (non-hydrogen) atoms. The third kappa shape index (κ3) is 4.35. The van der Waals surface area contributed by atoms with Gasteiger partial charge in [0.25, 0.3) is 5.91 Å². The minimum absolute atomic E-state index is 0.152. The number of rotatable bonds is 5. The van der Waals surface area contributed by atoms with Crippen molar-refractivity contribution in [2.75, 3.05) is 18.4 Å². The van der Waals surface area contributed by atoms with Gasteiger partial charge in [0.2, 0.25) is 0 Å². The Morgan fingerprint density at radius 1 is 1.27 bits per heavy atom. The van der Waals surface area contributed by atoms with Crippen molar-refractivity contribution in [2.45, 2.75) is 6.18 Å². The topological polar surface area (TPSA) is 54.0 Å². The summed E-state index contributed by atoms with van der Waals surface area (Å²) in [4.78, 5) is 14.7. The summed E-state index contributed by atoms with van der Waals surface area (Å²) in [6, 6.07) is 6.58. The number of carbonyl (C=O) groups is 1. The van der Waals surface area contributed by atoms with Crippen molar-refractivity contribution in [1.82, 2.24) is 10.3 Å². The van der Waals surface area contributed by atoms with Crippen LogP contribution in [0.15, 0.2) is 30.5 Å². The fraction of sp³-hybridized carbons (Fsp3) is 0.231. The van der Waals surface area contributed by atoms with E-state index in [1.54, 1.807) is 24.3 Å². The average molecular weight is 350 g/mol. The minimum Gasteiger partial charge on any atom is -0.360 e. The SMILES string of the molecule is O=C(NCCNc1ncc(C(F)(F)F)s1)c1ccccc1Cl. The lowest BCUT2D eigenvalue weighted by Gasteiger charge is -2.07. The molecule has 2 rings (SSSR count). The standard InChI is InChI=1S/C13H11ClF3N3OS/c14-9-4-2-1-3-8(9)11(21)18-5-6-19-12-20-7-10(22-12)13(15,16)17/h1-4,7H,5-6H2,(H,18,21)(H,19,20). The van der Waals surface area contributed by atoms with E-state index in [2.05, 4.69) is 15.6 Å². The molecule has 0 radical (unpaired) electrons. The number of carbonyl (C=O) groups excluding carboxylic acids is 1. The quantitative estimate of drug-likeness (QED) is 0.810. The second kappa shape index (κ2) is 6.97. The van der Waals surface area contributed by atoms with Crippen molar-refractivity contribution >= 4 is 34.0 Å². The zero-order valence-corrected chi connectivity index (χ0v) is 12.6. The number of thiazole rings is 1. The zero-order valence-electron chi connectivity index (χ0n) is 11.1. The highest BCUT2D eigenvalue weighted by atomic mass is 35.5. The van der Waals surface area contributed by atoms with Gasteiger partial charge < -0.3 is 10.6 Å². The highest BCUT2D eigenvalue weighted by Crippen LogP contribution is 2.34. The van der Waals surface area contributed by atoms with Gasteiger partial charge in [-0.3, -0.25) is 4.79 Å². The maximum Gasteiger partial charge on any atom is 0.427 e. The number of amides is 1. The first-order valence-electron chi connectivity index (χ1n) is 6.17. The van der Waals surface area contributed by atoms with Gasteiger partial charge in [-0.25, -0.2) is 4.98 Å². The number of benzene rings is 1. The van der Waals surface area contributed by atoms with Crippen molar-refractivity contribution in [2.24, 2.45) is 0 Å². The lowest BCUT2D eigenvalue weighted by molar-refractivity contribution is -0.134. The summed E-state index contributed by atoms with van der Waals surface area (Å²) < 4.78 is 37.2.